The van der Waals surface area contributed by atoms with Crippen LogP contribution in [0.3, 0.4) is 0 Å². The fourth-order valence-electron chi connectivity index (χ4n) is 4.16. The molecule has 0 unspecified atom stereocenters. The van der Waals surface area contributed by atoms with Crippen LogP contribution >= 0.6 is 0 Å². The number of rotatable bonds is 1. The molecule has 2 fully saturated rings. The van der Waals surface area contributed by atoms with Crippen molar-refractivity contribution in [2.75, 3.05) is 20.1 Å². The fourth-order valence-corrected chi connectivity index (χ4v) is 4.16. The summed E-state index contributed by atoms with van der Waals surface area (Å²) < 4.78 is 0. The van der Waals surface area contributed by atoms with Crippen LogP contribution in [0.5, 0.6) is 0 Å². The van der Waals surface area contributed by atoms with E-state index in [0.717, 1.165) is 37.3 Å². The fraction of sp³-hybridized carbons (Fsp3) is 0.500. The minimum absolute atomic E-state index is 0.110. The van der Waals surface area contributed by atoms with Crippen LogP contribution in [0, 0.1) is 11.8 Å². The van der Waals surface area contributed by atoms with Gasteiger partial charge in [-0.05, 0) is 25.8 Å². The molecule has 1 saturated carbocycles. The van der Waals surface area contributed by atoms with Crippen LogP contribution in [-0.4, -0.2) is 42.3 Å². The van der Waals surface area contributed by atoms with Crippen molar-refractivity contribution in [2.24, 2.45) is 16.8 Å². The largest absolute Gasteiger partial charge is 0.308 e. The average Bonchev–Trinajstić information content (AvgIpc) is 3.08. The van der Waals surface area contributed by atoms with Gasteiger partial charge in [-0.25, -0.2) is 0 Å². The Bertz CT molecular complexity index is 583. The van der Waals surface area contributed by atoms with E-state index in [2.05, 4.69) is 17.3 Å². The minimum Gasteiger partial charge on any atom is -0.308 e. The number of amidine groups is 1. The first-order chi connectivity index (χ1) is 9.69. The van der Waals surface area contributed by atoms with Crippen molar-refractivity contribution in [2.45, 2.75) is 18.4 Å². The van der Waals surface area contributed by atoms with E-state index in [4.69, 9.17) is 4.99 Å². The van der Waals surface area contributed by atoms with Crippen molar-refractivity contribution < 1.29 is 4.79 Å². The van der Waals surface area contributed by atoms with Gasteiger partial charge in [0.15, 0.2) is 0 Å². The summed E-state index contributed by atoms with van der Waals surface area (Å²) in [6.07, 6.45) is 2.02. The molecule has 20 heavy (non-hydrogen) atoms. The number of amides is 1. The topological polar surface area (TPSA) is 44.7 Å². The monoisotopic (exact) mass is 269 g/mol. The zero-order valence-electron chi connectivity index (χ0n) is 11.7. The molecule has 1 aromatic carbocycles. The van der Waals surface area contributed by atoms with Gasteiger partial charge in [0, 0.05) is 24.6 Å². The van der Waals surface area contributed by atoms with Gasteiger partial charge in [-0.3, -0.25) is 9.79 Å². The van der Waals surface area contributed by atoms with Crippen LogP contribution in [0.1, 0.15) is 18.4 Å². The molecule has 4 rings (SSSR count). The molecule has 4 nitrogen and oxygen atoms in total. The van der Waals surface area contributed by atoms with E-state index in [1.807, 2.05) is 30.3 Å². The summed E-state index contributed by atoms with van der Waals surface area (Å²) in [5, 5.41) is 3.02. The van der Waals surface area contributed by atoms with E-state index in [9.17, 15) is 4.79 Å². The molecule has 0 bridgehead atoms. The maximum absolute atomic E-state index is 12.6. The normalized spacial score (nSPS) is 36.2. The van der Waals surface area contributed by atoms with E-state index >= 15 is 0 Å². The highest BCUT2D eigenvalue weighted by Gasteiger charge is 2.58. The van der Waals surface area contributed by atoms with Gasteiger partial charge in [0.05, 0.1) is 0 Å². The predicted octanol–water partition coefficient (Wildman–Crippen LogP) is 1.27. The Labute approximate surface area is 118 Å². The van der Waals surface area contributed by atoms with Crippen LogP contribution < -0.4 is 5.32 Å². The SMILES string of the molecule is CN1C[C@@H]2CC[C@]3(N=C(c4ccccc4)NC3=O)[C@@H]2C1. The number of benzene rings is 1. The summed E-state index contributed by atoms with van der Waals surface area (Å²) in [6, 6.07) is 9.95. The number of hydrogen-bond acceptors (Lipinski definition) is 3. The quantitative estimate of drug-likeness (QED) is 0.834. The van der Waals surface area contributed by atoms with E-state index in [0.29, 0.717) is 11.8 Å². The predicted molar refractivity (Wildman–Crippen MR) is 77.6 cm³/mol. The van der Waals surface area contributed by atoms with E-state index in [1.54, 1.807) is 0 Å². The number of likely N-dealkylation sites (tertiary alicyclic amines) is 1. The Morgan fingerprint density at radius 1 is 1.30 bits per heavy atom. The van der Waals surface area contributed by atoms with Crippen molar-refractivity contribution in [3.63, 3.8) is 0 Å². The first-order valence-electron chi connectivity index (χ1n) is 7.34. The van der Waals surface area contributed by atoms with Crippen molar-refractivity contribution in [1.82, 2.24) is 10.2 Å². The van der Waals surface area contributed by atoms with Gasteiger partial charge in [0.2, 0.25) is 0 Å². The van der Waals surface area contributed by atoms with Gasteiger partial charge < -0.3 is 10.2 Å². The Kier molecular flexibility index (Phi) is 2.51. The van der Waals surface area contributed by atoms with Crippen molar-refractivity contribution in [3.05, 3.63) is 35.9 Å². The molecule has 0 aromatic heterocycles. The van der Waals surface area contributed by atoms with Crippen molar-refractivity contribution in [3.8, 4) is 0 Å². The molecule has 104 valence electrons. The van der Waals surface area contributed by atoms with E-state index in [1.165, 1.54) is 0 Å². The first kappa shape index (κ1) is 12.1. The second-order valence-corrected chi connectivity index (χ2v) is 6.33. The number of nitrogens with zero attached hydrogens (tertiary/aromatic N) is 2. The second-order valence-electron chi connectivity index (χ2n) is 6.33. The lowest BCUT2D eigenvalue weighted by Gasteiger charge is -2.24. The summed E-state index contributed by atoms with van der Waals surface area (Å²) >= 11 is 0. The zero-order chi connectivity index (χ0) is 13.7. The van der Waals surface area contributed by atoms with Crippen LogP contribution in [0.15, 0.2) is 35.3 Å². The molecule has 3 atom stereocenters. The summed E-state index contributed by atoms with van der Waals surface area (Å²) in [7, 11) is 2.14. The van der Waals surface area contributed by atoms with Gasteiger partial charge in [-0.2, -0.15) is 0 Å². The maximum atomic E-state index is 12.6. The summed E-state index contributed by atoms with van der Waals surface area (Å²) in [6.45, 7) is 2.10. The third-order valence-corrected chi connectivity index (χ3v) is 5.12. The highest BCUT2D eigenvalue weighted by Crippen LogP contribution is 2.48. The Hall–Kier alpha value is -1.68. The number of carbonyl (C=O) groups is 1. The first-order valence-corrected chi connectivity index (χ1v) is 7.34. The summed E-state index contributed by atoms with van der Waals surface area (Å²) in [4.78, 5) is 19.8. The van der Waals surface area contributed by atoms with E-state index < -0.39 is 5.54 Å². The average molecular weight is 269 g/mol. The maximum Gasteiger partial charge on any atom is 0.253 e. The molecular formula is C16H19N3O. The van der Waals surface area contributed by atoms with Gasteiger partial charge >= 0.3 is 0 Å². The third-order valence-electron chi connectivity index (χ3n) is 5.12. The molecule has 1 spiro atoms. The molecule has 2 heterocycles. The molecule has 1 amide bonds. The van der Waals surface area contributed by atoms with Crippen LogP contribution in [0.25, 0.3) is 0 Å². The smallest absolute Gasteiger partial charge is 0.253 e. The van der Waals surface area contributed by atoms with Gasteiger partial charge in [0.1, 0.15) is 11.4 Å². The molecule has 4 heteroatoms. The zero-order valence-corrected chi connectivity index (χ0v) is 11.7. The van der Waals surface area contributed by atoms with Gasteiger partial charge in [-0.15, -0.1) is 0 Å². The Morgan fingerprint density at radius 3 is 2.90 bits per heavy atom. The molecule has 2 aliphatic heterocycles. The van der Waals surface area contributed by atoms with Crippen molar-refractivity contribution >= 4 is 11.7 Å². The van der Waals surface area contributed by atoms with E-state index in [-0.39, 0.29) is 5.91 Å². The van der Waals surface area contributed by atoms with Crippen LogP contribution in [0.4, 0.5) is 0 Å². The van der Waals surface area contributed by atoms with Crippen LogP contribution in [0.2, 0.25) is 0 Å². The molecule has 0 radical (unpaired) electrons. The van der Waals surface area contributed by atoms with Crippen molar-refractivity contribution in [1.29, 1.82) is 0 Å². The summed E-state index contributed by atoms with van der Waals surface area (Å²) in [5.74, 6) is 1.88. The lowest BCUT2D eigenvalue weighted by Crippen LogP contribution is -2.44. The molecule has 1 aliphatic carbocycles. The number of nitrogens with one attached hydrogen (secondary N) is 1. The molecule has 3 aliphatic rings. The minimum atomic E-state index is -0.499. The van der Waals surface area contributed by atoms with Crippen LogP contribution in [-0.2, 0) is 4.79 Å². The highest BCUT2D eigenvalue weighted by molar-refractivity contribution is 6.15. The van der Waals surface area contributed by atoms with Gasteiger partial charge in [0.25, 0.3) is 5.91 Å². The number of hydrogen-bond donors (Lipinski definition) is 1. The lowest BCUT2D eigenvalue weighted by molar-refractivity contribution is -0.124. The number of carbonyl (C=O) groups excluding carboxylic acids is 1. The highest BCUT2D eigenvalue weighted by atomic mass is 16.2. The second kappa shape index (κ2) is 4.16. The number of aliphatic imine (C=N–C) groups is 1. The molecule has 1 N–H and O–H groups in total. The molecule has 1 aromatic rings. The standard InChI is InChI=1S/C16H19N3O/c1-19-9-12-7-8-16(13(12)10-19)15(20)17-14(18-16)11-5-3-2-4-6-11/h2-6,12-13H,7-10H2,1H3,(H,17,18,20)/t12-,13+,16-/m0/s1. The molecule has 1 saturated heterocycles. The van der Waals surface area contributed by atoms with Gasteiger partial charge in [-0.1, -0.05) is 30.3 Å². The molecular weight excluding hydrogens is 250 g/mol. The lowest BCUT2D eigenvalue weighted by atomic mass is 9.85. The Morgan fingerprint density at radius 2 is 2.10 bits per heavy atom. The number of fused-ring (bicyclic) bond motifs is 2. The third kappa shape index (κ3) is 1.57. The summed E-state index contributed by atoms with van der Waals surface area (Å²) in [5.41, 5.74) is 0.508. The Balaban J connectivity index is 1.72.